The number of hydrogen-bond acceptors (Lipinski definition) is 5. The van der Waals surface area contributed by atoms with Gasteiger partial charge in [-0.25, -0.2) is 8.42 Å². The zero-order valence-electron chi connectivity index (χ0n) is 16.9. The number of rotatable bonds is 6. The van der Waals surface area contributed by atoms with Gasteiger partial charge >= 0.3 is 11.8 Å². The van der Waals surface area contributed by atoms with Gasteiger partial charge in [-0.1, -0.05) is 12.1 Å². The molecule has 1 heterocycles. The summed E-state index contributed by atoms with van der Waals surface area (Å²) in [6.45, 7) is 2.31. The molecule has 160 valence electrons. The lowest BCUT2D eigenvalue weighted by molar-refractivity contribution is -0.136. The van der Waals surface area contributed by atoms with Crippen molar-refractivity contribution in [3.63, 3.8) is 0 Å². The van der Waals surface area contributed by atoms with Crippen molar-refractivity contribution in [1.29, 1.82) is 0 Å². The van der Waals surface area contributed by atoms with Crippen LogP contribution < -0.4 is 15.4 Å². The second kappa shape index (κ2) is 9.27. The largest absolute Gasteiger partial charge is 0.497 e. The van der Waals surface area contributed by atoms with Crippen molar-refractivity contribution in [2.24, 2.45) is 0 Å². The molecule has 1 saturated heterocycles. The number of methoxy groups -OCH3 is 1. The van der Waals surface area contributed by atoms with Gasteiger partial charge in [0, 0.05) is 24.8 Å². The third-order valence-electron chi connectivity index (χ3n) is 4.97. The van der Waals surface area contributed by atoms with Crippen LogP contribution in [0.2, 0.25) is 0 Å². The van der Waals surface area contributed by atoms with Crippen LogP contribution in [0.25, 0.3) is 0 Å². The van der Waals surface area contributed by atoms with E-state index in [0.29, 0.717) is 30.8 Å². The van der Waals surface area contributed by atoms with E-state index in [2.05, 4.69) is 10.6 Å². The molecule has 0 spiro atoms. The Morgan fingerprint density at radius 2 is 1.87 bits per heavy atom. The van der Waals surface area contributed by atoms with E-state index in [0.717, 1.165) is 5.56 Å². The van der Waals surface area contributed by atoms with Gasteiger partial charge in [-0.05, 0) is 61.7 Å². The van der Waals surface area contributed by atoms with Crippen molar-refractivity contribution in [1.82, 2.24) is 9.62 Å². The molecular weight excluding hydrogens is 406 g/mol. The van der Waals surface area contributed by atoms with E-state index in [9.17, 15) is 18.0 Å². The number of carbonyl (C=O) groups excluding carboxylic acids is 2. The summed E-state index contributed by atoms with van der Waals surface area (Å²) >= 11 is 0. The molecule has 3 rings (SSSR count). The third-order valence-corrected chi connectivity index (χ3v) is 6.94. The number of benzene rings is 2. The van der Waals surface area contributed by atoms with Gasteiger partial charge in [0.2, 0.25) is 10.0 Å². The molecule has 0 bridgehead atoms. The average Bonchev–Trinajstić information content (AvgIpc) is 3.21. The fourth-order valence-corrected chi connectivity index (χ4v) is 5.11. The van der Waals surface area contributed by atoms with Gasteiger partial charge in [0.05, 0.1) is 12.0 Å². The Hall–Kier alpha value is -2.91. The monoisotopic (exact) mass is 431 g/mol. The Labute approximate surface area is 176 Å². The molecule has 1 atom stereocenters. The van der Waals surface area contributed by atoms with Crippen LogP contribution in [-0.2, 0) is 19.6 Å². The van der Waals surface area contributed by atoms with Crippen LogP contribution in [0.3, 0.4) is 0 Å². The van der Waals surface area contributed by atoms with Crippen LogP contribution in [-0.4, -0.2) is 50.8 Å². The lowest BCUT2D eigenvalue weighted by Gasteiger charge is -2.24. The van der Waals surface area contributed by atoms with Crippen LogP contribution in [0.15, 0.2) is 53.4 Å². The highest BCUT2D eigenvalue weighted by Crippen LogP contribution is 2.26. The molecule has 8 nitrogen and oxygen atoms in total. The molecule has 0 aromatic heterocycles. The predicted molar refractivity (Wildman–Crippen MR) is 113 cm³/mol. The molecule has 1 fully saturated rings. The van der Waals surface area contributed by atoms with Crippen LogP contribution in [0.1, 0.15) is 18.4 Å². The predicted octanol–water partition coefficient (Wildman–Crippen LogP) is 1.91. The lowest BCUT2D eigenvalue weighted by Crippen LogP contribution is -2.45. The van der Waals surface area contributed by atoms with E-state index in [-0.39, 0.29) is 11.4 Å². The molecule has 0 unspecified atom stereocenters. The number of hydrogen-bond donors (Lipinski definition) is 2. The second-order valence-corrected chi connectivity index (χ2v) is 9.01. The maximum atomic E-state index is 13.0. The zero-order valence-corrected chi connectivity index (χ0v) is 17.7. The standard InChI is InChI=1S/C21H25N3O5S/c1-15-5-3-6-16(13-15)23-21(26)20(25)22-14-17-7-4-12-24(17)30(27,28)19-10-8-18(29-2)9-11-19/h3,5-6,8-11,13,17H,4,7,12,14H2,1-2H3,(H,22,25)(H,23,26)/t17-/m1/s1. The fraction of sp³-hybridized carbons (Fsp3) is 0.333. The van der Waals surface area contributed by atoms with Crippen molar-refractivity contribution >= 4 is 27.5 Å². The number of anilines is 1. The number of aryl methyl sites for hydroxylation is 1. The molecule has 1 aliphatic rings. The van der Waals surface area contributed by atoms with Crippen molar-refractivity contribution in [2.45, 2.75) is 30.7 Å². The summed E-state index contributed by atoms with van der Waals surface area (Å²) < 4.78 is 32.4. The molecule has 2 aromatic carbocycles. The maximum Gasteiger partial charge on any atom is 0.313 e. The lowest BCUT2D eigenvalue weighted by atomic mass is 10.2. The molecule has 0 radical (unpaired) electrons. The highest BCUT2D eigenvalue weighted by Gasteiger charge is 2.35. The minimum atomic E-state index is -3.71. The van der Waals surface area contributed by atoms with Crippen LogP contribution in [0.5, 0.6) is 5.75 Å². The first-order valence-corrected chi connectivity index (χ1v) is 11.1. The average molecular weight is 432 g/mol. The molecule has 9 heteroatoms. The number of sulfonamides is 1. The van der Waals surface area contributed by atoms with Gasteiger partial charge in [0.25, 0.3) is 0 Å². The van der Waals surface area contributed by atoms with Gasteiger partial charge in [0.15, 0.2) is 0 Å². The van der Waals surface area contributed by atoms with Gasteiger partial charge in [-0.15, -0.1) is 0 Å². The SMILES string of the molecule is COc1ccc(S(=O)(=O)N2CCC[C@@H]2CNC(=O)C(=O)Nc2cccc(C)c2)cc1. The molecular formula is C21H25N3O5S. The van der Waals surface area contributed by atoms with Crippen molar-refractivity contribution in [2.75, 3.05) is 25.5 Å². The quantitative estimate of drug-likeness (QED) is 0.680. The normalized spacial score (nSPS) is 16.8. The minimum absolute atomic E-state index is 0.0649. The Bertz CT molecular complexity index is 1020. The topological polar surface area (TPSA) is 105 Å². The number of nitrogens with zero attached hydrogens (tertiary/aromatic N) is 1. The van der Waals surface area contributed by atoms with E-state index < -0.39 is 27.9 Å². The Kier molecular flexibility index (Phi) is 6.73. The molecule has 2 N–H and O–H groups in total. The number of ether oxygens (including phenoxy) is 1. The Morgan fingerprint density at radius 3 is 2.53 bits per heavy atom. The van der Waals surface area contributed by atoms with E-state index >= 15 is 0 Å². The smallest absolute Gasteiger partial charge is 0.313 e. The number of amides is 2. The molecule has 30 heavy (non-hydrogen) atoms. The summed E-state index contributed by atoms with van der Waals surface area (Å²) in [6, 6.07) is 12.9. The molecule has 2 aromatic rings. The first-order chi connectivity index (χ1) is 14.3. The van der Waals surface area contributed by atoms with Crippen LogP contribution >= 0.6 is 0 Å². The Morgan fingerprint density at radius 1 is 1.13 bits per heavy atom. The molecule has 0 saturated carbocycles. The summed E-state index contributed by atoms with van der Waals surface area (Å²) in [6.07, 6.45) is 1.29. The molecule has 1 aliphatic heterocycles. The van der Waals surface area contributed by atoms with E-state index in [1.165, 1.54) is 23.5 Å². The summed E-state index contributed by atoms with van der Waals surface area (Å²) in [4.78, 5) is 24.5. The fourth-order valence-electron chi connectivity index (χ4n) is 3.41. The van der Waals surface area contributed by atoms with Gasteiger partial charge < -0.3 is 15.4 Å². The van der Waals surface area contributed by atoms with E-state index in [4.69, 9.17) is 4.74 Å². The summed E-state index contributed by atoms with van der Waals surface area (Å²) in [7, 11) is -2.20. The maximum absolute atomic E-state index is 13.0. The van der Waals surface area contributed by atoms with Crippen LogP contribution in [0.4, 0.5) is 5.69 Å². The zero-order chi connectivity index (χ0) is 21.7. The minimum Gasteiger partial charge on any atom is -0.497 e. The highest BCUT2D eigenvalue weighted by atomic mass is 32.2. The second-order valence-electron chi connectivity index (χ2n) is 7.12. The van der Waals surface area contributed by atoms with Crippen molar-refractivity contribution in [3.05, 3.63) is 54.1 Å². The van der Waals surface area contributed by atoms with Gasteiger partial charge in [0.1, 0.15) is 5.75 Å². The number of nitrogens with one attached hydrogen (secondary N) is 2. The van der Waals surface area contributed by atoms with Crippen molar-refractivity contribution in [3.8, 4) is 5.75 Å². The highest BCUT2D eigenvalue weighted by molar-refractivity contribution is 7.89. The van der Waals surface area contributed by atoms with Crippen LogP contribution in [0, 0.1) is 6.92 Å². The first-order valence-electron chi connectivity index (χ1n) is 9.63. The number of carbonyl (C=O) groups is 2. The third kappa shape index (κ3) is 4.98. The van der Waals surface area contributed by atoms with E-state index in [1.807, 2.05) is 13.0 Å². The van der Waals surface area contributed by atoms with Gasteiger partial charge in [-0.3, -0.25) is 9.59 Å². The molecule has 2 amide bonds. The Balaban J connectivity index is 1.61. The summed E-state index contributed by atoms with van der Waals surface area (Å²) in [5.74, 6) is -1.02. The first kappa shape index (κ1) is 21.8. The van der Waals surface area contributed by atoms with Crippen molar-refractivity contribution < 1.29 is 22.7 Å². The summed E-state index contributed by atoms with van der Waals surface area (Å²) in [5, 5.41) is 5.10. The van der Waals surface area contributed by atoms with E-state index in [1.54, 1.807) is 30.3 Å². The summed E-state index contributed by atoms with van der Waals surface area (Å²) in [5.41, 5.74) is 1.48. The molecule has 0 aliphatic carbocycles. The van der Waals surface area contributed by atoms with Gasteiger partial charge in [-0.2, -0.15) is 4.31 Å².